The molecule has 11 heteroatoms. The van der Waals surface area contributed by atoms with E-state index in [4.69, 9.17) is 0 Å². The molecule has 176 valence electrons. The number of nitrogens with one attached hydrogen (secondary N) is 3. The molecule has 2 aliphatic carbocycles. The zero-order valence-corrected chi connectivity index (χ0v) is 18.8. The van der Waals surface area contributed by atoms with E-state index in [1.807, 2.05) is 21.9 Å². The zero-order chi connectivity index (χ0) is 23.1. The fraction of sp³-hybridized carbons (Fsp3) is 0.435. The number of carbonyl (C=O) groups excluding carboxylic acids is 2. The fourth-order valence-electron chi connectivity index (χ4n) is 4.21. The van der Waals surface area contributed by atoms with Crippen LogP contribution in [-0.4, -0.2) is 55.6 Å². The Balaban J connectivity index is 1.25. The van der Waals surface area contributed by atoms with Gasteiger partial charge in [-0.1, -0.05) is 6.07 Å². The molecule has 1 aliphatic heterocycles. The molecule has 11 nitrogen and oxygen atoms in total. The highest BCUT2D eigenvalue weighted by molar-refractivity contribution is 6.07. The summed E-state index contributed by atoms with van der Waals surface area (Å²) in [6.45, 7) is 1.73. The first kappa shape index (κ1) is 20.8. The van der Waals surface area contributed by atoms with E-state index in [-0.39, 0.29) is 35.3 Å². The van der Waals surface area contributed by atoms with Crippen LogP contribution in [0.2, 0.25) is 0 Å². The van der Waals surface area contributed by atoms with Crippen molar-refractivity contribution < 1.29 is 9.59 Å². The number of pyridine rings is 1. The number of hydrogen-bond acceptors (Lipinski definition) is 7. The quantitative estimate of drug-likeness (QED) is 0.491. The van der Waals surface area contributed by atoms with Crippen LogP contribution in [0.25, 0.3) is 11.4 Å². The van der Waals surface area contributed by atoms with Crippen LogP contribution >= 0.6 is 0 Å². The van der Waals surface area contributed by atoms with Crippen LogP contribution in [-0.2, 0) is 0 Å². The van der Waals surface area contributed by atoms with Crippen molar-refractivity contribution in [2.75, 3.05) is 23.5 Å². The highest BCUT2D eigenvalue weighted by atomic mass is 16.2. The van der Waals surface area contributed by atoms with E-state index in [0.717, 1.165) is 57.3 Å². The number of hydrogen-bond donors (Lipinski definition) is 3. The second kappa shape index (κ2) is 8.56. The molecule has 3 aromatic heterocycles. The highest BCUT2D eigenvalue weighted by Gasteiger charge is 2.29. The number of aromatic nitrogens is 5. The van der Waals surface area contributed by atoms with Gasteiger partial charge in [0.1, 0.15) is 11.4 Å². The van der Waals surface area contributed by atoms with Crippen LogP contribution in [0.3, 0.4) is 0 Å². The van der Waals surface area contributed by atoms with Gasteiger partial charge in [-0.05, 0) is 56.7 Å². The van der Waals surface area contributed by atoms with Crippen LogP contribution in [0.5, 0.6) is 0 Å². The van der Waals surface area contributed by atoms with E-state index in [1.165, 1.54) is 0 Å². The van der Waals surface area contributed by atoms with Crippen molar-refractivity contribution in [2.45, 2.75) is 50.6 Å². The average molecular weight is 462 g/mol. The number of nitrogens with zero attached hydrogens (tertiary/aromatic N) is 6. The fourth-order valence-corrected chi connectivity index (χ4v) is 4.21. The Kier molecular flexibility index (Phi) is 5.25. The Morgan fingerprint density at radius 1 is 1.06 bits per heavy atom. The number of hydrazine groups is 1. The molecule has 0 spiro atoms. The van der Waals surface area contributed by atoms with Crippen LogP contribution in [0.15, 0.2) is 36.7 Å². The SMILES string of the molecule is O=C(Nc1cn(C2CCC2)nc1C(=O)NC1CC1)c1cccc(-c2ccnn2N2CCCN2)n1. The molecule has 4 heterocycles. The van der Waals surface area contributed by atoms with Gasteiger partial charge in [-0.2, -0.15) is 15.0 Å². The maximum Gasteiger partial charge on any atom is 0.274 e. The van der Waals surface area contributed by atoms with Crippen LogP contribution in [0.4, 0.5) is 5.69 Å². The summed E-state index contributed by atoms with van der Waals surface area (Å²) in [5.41, 5.74) is 5.61. The minimum absolute atomic E-state index is 0.207. The minimum atomic E-state index is -0.388. The maximum absolute atomic E-state index is 13.2. The summed E-state index contributed by atoms with van der Waals surface area (Å²) in [5.74, 6) is -0.638. The van der Waals surface area contributed by atoms with Gasteiger partial charge in [-0.3, -0.25) is 14.3 Å². The van der Waals surface area contributed by atoms with E-state index >= 15 is 0 Å². The molecule has 2 amide bonds. The summed E-state index contributed by atoms with van der Waals surface area (Å²) >= 11 is 0. The first-order valence-electron chi connectivity index (χ1n) is 11.9. The van der Waals surface area contributed by atoms with Gasteiger partial charge in [0.15, 0.2) is 5.69 Å². The summed E-state index contributed by atoms with van der Waals surface area (Å²) in [6.07, 6.45) is 9.68. The van der Waals surface area contributed by atoms with E-state index in [1.54, 1.807) is 29.3 Å². The van der Waals surface area contributed by atoms with Gasteiger partial charge in [-0.25, -0.2) is 15.5 Å². The summed E-state index contributed by atoms with van der Waals surface area (Å²) in [5, 5.41) is 16.7. The van der Waals surface area contributed by atoms with Gasteiger partial charge < -0.3 is 10.6 Å². The number of carbonyl (C=O) groups is 2. The Hall–Kier alpha value is -3.73. The summed E-state index contributed by atoms with van der Waals surface area (Å²) in [6, 6.07) is 7.66. The first-order valence-corrected chi connectivity index (χ1v) is 11.9. The van der Waals surface area contributed by atoms with Gasteiger partial charge in [0.05, 0.1) is 30.2 Å². The van der Waals surface area contributed by atoms with Crippen molar-refractivity contribution in [3.05, 3.63) is 48.0 Å². The van der Waals surface area contributed by atoms with Gasteiger partial charge >= 0.3 is 0 Å². The lowest BCUT2D eigenvalue weighted by Crippen LogP contribution is -2.41. The van der Waals surface area contributed by atoms with Crippen molar-refractivity contribution in [3.8, 4) is 11.4 Å². The molecule has 3 N–H and O–H groups in total. The summed E-state index contributed by atoms with van der Waals surface area (Å²) < 4.78 is 1.81. The Labute approximate surface area is 196 Å². The zero-order valence-electron chi connectivity index (χ0n) is 18.8. The molecule has 0 unspecified atom stereocenters. The Morgan fingerprint density at radius 3 is 2.68 bits per heavy atom. The second-order valence-electron chi connectivity index (χ2n) is 9.06. The molecule has 3 aliphatic rings. The first-order chi connectivity index (χ1) is 16.7. The average Bonchev–Trinajstić information content (AvgIpc) is 3.22. The predicted molar refractivity (Wildman–Crippen MR) is 125 cm³/mol. The van der Waals surface area contributed by atoms with Crippen LogP contribution < -0.4 is 21.2 Å². The van der Waals surface area contributed by atoms with Gasteiger partial charge in [0.2, 0.25) is 0 Å². The van der Waals surface area contributed by atoms with Gasteiger partial charge in [0.25, 0.3) is 11.8 Å². The number of amides is 2. The highest BCUT2D eigenvalue weighted by Crippen LogP contribution is 2.33. The van der Waals surface area contributed by atoms with Gasteiger partial charge in [0, 0.05) is 18.8 Å². The minimum Gasteiger partial charge on any atom is -0.348 e. The molecule has 1 saturated heterocycles. The lowest BCUT2D eigenvalue weighted by molar-refractivity contribution is 0.0945. The lowest BCUT2D eigenvalue weighted by Gasteiger charge is -2.25. The Bertz CT molecular complexity index is 1220. The third kappa shape index (κ3) is 4.03. The summed E-state index contributed by atoms with van der Waals surface area (Å²) in [4.78, 5) is 32.3. The smallest absolute Gasteiger partial charge is 0.274 e. The van der Waals surface area contributed by atoms with E-state index < -0.39 is 0 Å². The lowest BCUT2D eigenvalue weighted by atomic mass is 9.93. The predicted octanol–water partition coefficient (Wildman–Crippen LogP) is 1.86. The molecule has 0 radical (unpaired) electrons. The Morgan fingerprint density at radius 2 is 1.94 bits per heavy atom. The molecule has 2 saturated carbocycles. The van der Waals surface area contributed by atoms with Gasteiger partial charge in [-0.15, -0.1) is 0 Å². The maximum atomic E-state index is 13.2. The second-order valence-corrected chi connectivity index (χ2v) is 9.06. The normalized spacial score (nSPS) is 18.1. The molecular weight excluding hydrogens is 434 g/mol. The van der Waals surface area contributed by atoms with Crippen LogP contribution in [0, 0.1) is 0 Å². The molecule has 34 heavy (non-hydrogen) atoms. The molecular formula is C23H27N9O2. The van der Waals surface area contributed by atoms with E-state index in [2.05, 4.69) is 31.2 Å². The standard InChI is InChI=1S/C23H27N9O2/c33-22(18-7-2-6-17(27-18)20-10-12-25-32(20)31-13-3-11-24-31)28-19-14-30(16-4-1-5-16)29-21(19)23(34)26-15-8-9-15/h2,6-7,10,12,14-16,24H,1,3-5,8-9,11,13H2,(H,26,34)(H,28,33). The van der Waals surface area contributed by atoms with Crippen LogP contribution in [0.1, 0.15) is 65.5 Å². The largest absolute Gasteiger partial charge is 0.348 e. The van der Waals surface area contributed by atoms with E-state index in [0.29, 0.717) is 11.4 Å². The molecule has 6 rings (SSSR count). The third-order valence-electron chi connectivity index (χ3n) is 6.49. The molecule has 0 bridgehead atoms. The number of anilines is 1. The molecule has 3 fully saturated rings. The van der Waals surface area contributed by atoms with Crippen molar-refractivity contribution in [3.63, 3.8) is 0 Å². The summed E-state index contributed by atoms with van der Waals surface area (Å²) in [7, 11) is 0. The number of rotatable bonds is 7. The van der Waals surface area contributed by atoms with E-state index in [9.17, 15) is 9.59 Å². The monoisotopic (exact) mass is 461 g/mol. The van der Waals surface area contributed by atoms with Crippen molar-refractivity contribution in [2.24, 2.45) is 0 Å². The van der Waals surface area contributed by atoms with Crippen molar-refractivity contribution >= 4 is 17.5 Å². The molecule has 3 aromatic rings. The van der Waals surface area contributed by atoms with Crippen molar-refractivity contribution in [1.29, 1.82) is 0 Å². The molecule has 0 aromatic carbocycles. The molecule has 0 atom stereocenters. The van der Waals surface area contributed by atoms with Crippen molar-refractivity contribution in [1.82, 2.24) is 35.4 Å². The topological polar surface area (TPSA) is 122 Å². The third-order valence-corrected chi connectivity index (χ3v) is 6.49.